The lowest BCUT2D eigenvalue weighted by molar-refractivity contribution is 0.294. The minimum atomic E-state index is 0.0528. The van der Waals surface area contributed by atoms with Crippen molar-refractivity contribution in [2.75, 3.05) is 13.7 Å². The topological polar surface area (TPSA) is 44.5 Å². The van der Waals surface area contributed by atoms with Gasteiger partial charge in [0.25, 0.3) is 0 Å². The average Bonchev–Trinajstić information content (AvgIpc) is 2.34. The van der Waals surface area contributed by atoms with Crippen LogP contribution in [-0.2, 0) is 0 Å². The third-order valence-electron chi connectivity index (χ3n) is 2.24. The van der Waals surface area contributed by atoms with E-state index in [2.05, 4.69) is 6.92 Å². The van der Waals surface area contributed by atoms with Crippen molar-refractivity contribution < 1.29 is 9.47 Å². The van der Waals surface area contributed by atoms with E-state index in [1.54, 1.807) is 7.11 Å². The van der Waals surface area contributed by atoms with E-state index in [1.165, 1.54) is 0 Å². The van der Waals surface area contributed by atoms with Gasteiger partial charge in [-0.15, -0.1) is 0 Å². The number of methoxy groups -OCH3 is 1. The molecule has 0 fully saturated rings. The van der Waals surface area contributed by atoms with Crippen molar-refractivity contribution >= 4 is 6.08 Å². The van der Waals surface area contributed by atoms with Gasteiger partial charge in [-0.1, -0.05) is 25.1 Å². The van der Waals surface area contributed by atoms with Crippen molar-refractivity contribution in [3.8, 4) is 11.5 Å². The molecule has 0 aliphatic rings. The highest BCUT2D eigenvalue weighted by Crippen LogP contribution is 2.28. The van der Waals surface area contributed by atoms with Crippen molar-refractivity contribution in [3.63, 3.8) is 0 Å². The Balaban J connectivity index is 2.84. The molecule has 1 aromatic carbocycles. The molecule has 0 spiro atoms. The molecule has 0 heterocycles. The van der Waals surface area contributed by atoms with Crippen LogP contribution in [0.5, 0.6) is 11.5 Å². The van der Waals surface area contributed by atoms with E-state index in [0.717, 1.165) is 23.5 Å². The maximum Gasteiger partial charge on any atom is 0.161 e. The maximum atomic E-state index is 5.66. The molecule has 0 radical (unpaired) electrons. The van der Waals surface area contributed by atoms with Gasteiger partial charge >= 0.3 is 0 Å². The summed E-state index contributed by atoms with van der Waals surface area (Å²) in [7, 11) is 1.65. The monoisotopic (exact) mass is 235 g/mol. The predicted octanol–water partition coefficient (Wildman–Crippen LogP) is 2.84. The summed E-state index contributed by atoms with van der Waals surface area (Å²) in [5, 5.41) is 0. The van der Waals surface area contributed by atoms with E-state index in [4.69, 9.17) is 15.2 Å². The molecular weight excluding hydrogens is 214 g/mol. The third-order valence-corrected chi connectivity index (χ3v) is 2.24. The smallest absolute Gasteiger partial charge is 0.161 e. The number of benzene rings is 1. The Kier molecular flexibility index (Phi) is 5.57. The molecule has 1 atom stereocenters. The quantitative estimate of drug-likeness (QED) is 0.824. The fraction of sp³-hybridized carbons (Fsp3) is 0.429. The van der Waals surface area contributed by atoms with Gasteiger partial charge in [0.15, 0.2) is 11.5 Å². The summed E-state index contributed by atoms with van der Waals surface area (Å²) in [6, 6.07) is 5.92. The van der Waals surface area contributed by atoms with Gasteiger partial charge in [0.1, 0.15) is 0 Å². The summed E-state index contributed by atoms with van der Waals surface area (Å²) < 4.78 is 10.9. The SMILES string of the molecule is CCCOc1ccc(/C=C/C(C)N)cc1OC. The Morgan fingerprint density at radius 2 is 2.12 bits per heavy atom. The Morgan fingerprint density at radius 1 is 1.35 bits per heavy atom. The van der Waals surface area contributed by atoms with Crippen molar-refractivity contribution in [2.45, 2.75) is 26.3 Å². The average molecular weight is 235 g/mol. The summed E-state index contributed by atoms with van der Waals surface area (Å²) >= 11 is 0. The number of ether oxygens (including phenoxy) is 2. The molecule has 0 saturated heterocycles. The highest BCUT2D eigenvalue weighted by molar-refractivity contribution is 5.56. The van der Waals surface area contributed by atoms with Gasteiger partial charge in [0, 0.05) is 6.04 Å². The Labute approximate surface area is 103 Å². The zero-order valence-corrected chi connectivity index (χ0v) is 10.8. The molecule has 0 bridgehead atoms. The first-order valence-electron chi connectivity index (χ1n) is 5.92. The summed E-state index contributed by atoms with van der Waals surface area (Å²) in [5.74, 6) is 1.54. The van der Waals surface area contributed by atoms with Gasteiger partial charge < -0.3 is 15.2 Å². The van der Waals surface area contributed by atoms with E-state index in [1.807, 2.05) is 37.3 Å². The van der Waals surface area contributed by atoms with Gasteiger partial charge in [-0.2, -0.15) is 0 Å². The van der Waals surface area contributed by atoms with E-state index in [9.17, 15) is 0 Å². The minimum absolute atomic E-state index is 0.0528. The highest BCUT2D eigenvalue weighted by atomic mass is 16.5. The molecular formula is C14H21NO2. The van der Waals surface area contributed by atoms with E-state index in [0.29, 0.717) is 6.61 Å². The largest absolute Gasteiger partial charge is 0.493 e. The second-order valence-electron chi connectivity index (χ2n) is 3.98. The summed E-state index contributed by atoms with van der Waals surface area (Å²) in [6.45, 7) is 4.71. The minimum Gasteiger partial charge on any atom is -0.493 e. The normalized spacial score (nSPS) is 12.7. The molecule has 3 nitrogen and oxygen atoms in total. The highest BCUT2D eigenvalue weighted by Gasteiger charge is 2.04. The zero-order valence-electron chi connectivity index (χ0n) is 10.8. The van der Waals surface area contributed by atoms with Crippen LogP contribution in [0.4, 0.5) is 0 Å². The van der Waals surface area contributed by atoms with Crippen LogP contribution >= 0.6 is 0 Å². The maximum absolute atomic E-state index is 5.66. The molecule has 3 heteroatoms. The number of nitrogens with two attached hydrogens (primary N) is 1. The van der Waals surface area contributed by atoms with Gasteiger partial charge in [0.2, 0.25) is 0 Å². The number of hydrogen-bond donors (Lipinski definition) is 1. The summed E-state index contributed by atoms with van der Waals surface area (Å²) in [4.78, 5) is 0. The molecule has 0 saturated carbocycles. The second kappa shape index (κ2) is 6.97. The van der Waals surface area contributed by atoms with Crippen molar-refractivity contribution in [1.82, 2.24) is 0 Å². The van der Waals surface area contributed by atoms with Crippen molar-refractivity contribution in [1.29, 1.82) is 0 Å². The third kappa shape index (κ3) is 4.49. The molecule has 2 N–H and O–H groups in total. The van der Waals surface area contributed by atoms with E-state index < -0.39 is 0 Å². The summed E-state index contributed by atoms with van der Waals surface area (Å²) in [6.07, 6.45) is 4.91. The Bertz CT molecular complexity index is 372. The lowest BCUT2D eigenvalue weighted by Crippen LogP contribution is -2.09. The second-order valence-corrected chi connectivity index (χ2v) is 3.98. The lowest BCUT2D eigenvalue weighted by Gasteiger charge is -2.10. The van der Waals surface area contributed by atoms with Crippen LogP contribution < -0.4 is 15.2 Å². The molecule has 17 heavy (non-hydrogen) atoms. The first-order valence-corrected chi connectivity index (χ1v) is 5.92. The molecule has 94 valence electrons. The molecule has 0 aliphatic carbocycles. The molecule has 1 rings (SSSR count). The predicted molar refractivity (Wildman–Crippen MR) is 71.5 cm³/mol. The standard InChI is InChI=1S/C14H21NO2/c1-4-9-17-13-8-7-12(6-5-11(2)15)10-14(13)16-3/h5-8,10-11H,4,9,15H2,1-3H3/b6-5+. The van der Waals surface area contributed by atoms with Crippen molar-refractivity contribution in [2.24, 2.45) is 5.73 Å². The molecule has 1 unspecified atom stereocenters. The fourth-order valence-electron chi connectivity index (χ4n) is 1.38. The van der Waals surface area contributed by atoms with Crippen LogP contribution in [-0.4, -0.2) is 19.8 Å². The van der Waals surface area contributed by atoms with Crippen LogP contribution in [0.2, 0.25) is 0 Å². The van der Waals surface area contributed by atoms with Gasteiger partial charge in [-0.3, -0.25) is 0 Å². The van der Waals surface area contributed by atoms with E-state index >= 15 is 0 Å². The molecule has 0 amide bonds. The first kappa shape index (κ1) is 13.6. The Morgan fingerprint density at radius 3 is 2.71 bits per heavy atom. The van der Waals surface area contributed by atoms with Crippen molar-refractivity contribution in [3.05, 3.63) is 29.8 Å². The van der Waals surface area contributed by atoms with Crippen LogP contribution in [0.1, 0.15) is 25.8 Å². The van der Waals surface area contributed by atoms with Crippen LogP contribution in [0.25, 0.3) is 6.08 Å². The fourth-order valence-corrected chi connectivity index (χ4v) is 1.38. The number of rotatable bonds is 6. The van der Waals surface area contributed by atoms with Crippen LogP contribution in [0, 0.1) is 0 Å². The molecule has 1 aromatic rings. The first-order chi connectivity index (χ1) is 8.17. The zero-order chi connectivity index (χ0) is 12.7. The number of hydrogen-bond acceptors (Lipinski definition) is 3. The molecule has 0 aromatic heterocycles. The van der Waals surface area contributed by atoms with E-state index in [-0.39, 0.29) is 6.04 Å². The van der Waals surface area contributed by atoms with Gasteiger partial charge in [-0.05, 0) is 31.0 Å². The Hall–Kier alpha value is -1.48. The van der Waals surface area contributed by atoms with Gasteiger partial charge in [0.05, 0.1) is 13.7 Å². The van der Waals surface area contributed by atoms with Crippen LogP contribution in [0.3, 0.4) is 0 Å². The van der Waals surface area contributed by atoms with Gasteiger partial charge in [-0.25, -0.2) is 0 Å². The van der Waals surface area contributed by atoms with Crippen LogP contribution in [0.15, 0.2) is 24.3 Å². The lowest BCUT2D eigenvalue weighted by atomic mass is 10.1. The molecule has 0 aliphatic heterocycles. The summed E-state index contributed by atoms with van der Waals surface area (Å²) in [5.41, 5.74) is 6.72.